The number of aliphatic hydroxyl groups is 1. The summed E-state index contributed by atoms with van der Waals surface area (Å²) >= 11 is 0. The Morgan fingerprint density at radius 3 is 2.17 bits per heavy atom. The third-order valence-corrected chi connectivity index (χ3v) is 4.28. The largest absolute Gasteiger partial charge is 0.479 e. The number of carbonyl (C=O) groups excluding carboxylic acids is 2. The Morgan fingerprint density at radius 2 is 1.65 bits per heavy atom. The van der Waals surface area contributed by atoms with Gasteiger partial charge in [-0.25, -0.2) is 4.79 Å². The number of aliphatic carboxylic acids is 1. The highest BCUT2D eigenvalue weighted by molar-refractivity contribution is 5.98. The van der Waals surface area contributed by atoms with Crippen LogP contribution in [0.3, 0.4) is 0 Å². The van der Waals surface area contributed by atoms with E-state index >= 15 is 0 Å². The van der Waals surface area contributed by atoms with Crippen molar-refractivity contribution in [3.8, 4) is 0 Å². The molecule has 0 radical (unpaired) electrons. The first-order valence-electron chi connectivity index (χ1n) is 7.65. The predicted molar refractivity (Wildman–Crippen MR) is 83.1 cm³/mol. The van der Waals surface area contributed by atoms with Gasteiger partial charge < -0.3 is 15.1 Å². The van der Waals surface area contributed by atoms with Gasteiger partial charge in [-0.05, 0) is 6.92 Å². The summed E-state index contributed by atoms with van der Waals surface area (Å²) in [5, 5.41) is 18.8. The Hall–Kier alpha value is -2.21. The van der Waals surface area contributed by atoms with Crippen molar-refractivity contribution >= 4 is 17.7 Å². The van der Waals surface area contributed by atoms with Crippen molar-refractivity contribution < 1.29 is 24.6 Å². The van der Waals surface area contributed by atoms with Crippen molar-refractivity contribution in [3.05, 3.63) is 35.4 Å². The molecule has 1 aromatic carbocycles. The van der Waals surface area contributed by atoms with Crippen LogP contribution in [-0.2, 0) is 9.59 Å². The van der Waals surface area contributed by atoms with Gasteiger partial charge in [-0.2, -0.15) is 0 Å². The quantitative estimate of drug-likeness (QED) is 0.800. The lowest BCUT2D eigenvalue weighted by atomic mass is 9.91. The van der Waals surface area contributed by atoms with E-state index in [9.17, 15) is 19.5 Å². The SMILES string of the molecule is Cc1ccc(C(=O)CCC(=O)N2CCC(O)(C(=O)O)CC2)cc1. The number of piperidine rings is 1. The molecule has 1 heterocycles. The number of carboxylic acid groups (broad SMARTS) is 1. The molecule has 0 bridgehead atoms. The van der Waals surface area contributed by atoms with Crippen LogP contribution >= 0.6 is 0 Å². The van der Waals surface area contributed by atoms with Crippen LogP contribution in [0.4, 0.5) is 0 Å². The molecule has 0 unspecified atom stereocenters. The molecule has 2 N–H and O–H groups in total. The van der Waals surface area contributed by atoms with Crippen LogP contribution in [-0.4, -0.2) is 51.5 Å². The minimum Gasteiger partial charge on any atom is -0.479 e. The molecule has 1 fully saturated rings. The number of Topliss-reactive ketones (excluding diaryl/α,β-unsaturated/α-hetero) is 1. The molecule has 6 heteroatoms. The van der Waals surface area contributed by atoms with E-state index in [0.717, 1.165) is 5.56 Å². The zero-order chi connectivity index (χ0) is 17.0. The first kappa shape index (κ1) is 17.1. The fourth-order valence-corrected chi connectivity index (χ4v) is 2.60. The topological polar surface area (TPSA) is 94.9 Å². The number of benzene rings is 1. The molecule has 6 nitrogen and oxygen atoms in total. The monoisotopic (exact) mass is 319 g/mol. The second kappa shape index (κ2) is 6.91. The molecule has 0 aromatic heterocycles. The van der Waals surface area contributed by atoms with E-state index in [-0.39, 0.29) is 50.5 Å². The average molecular weight is 319 g/mol. The van der Waals surface area contributed by atoms with E-state index in [1.807, 2.05) is 19.1 Å². The number of rotatable bonds is 5. The first-order valence-corrected chi connectivity index (χ1v) is 7.65. The lowest BCUT2D eigenvalue weighted by molar-refractivity contribution is -0.165. The number of aryl methyl sites for hydroxylation is 1. The molecular weight excluding hydrogens is 298 g/mol. The van der Waals surface area contributed by atoms with Gasteiger partial charge in [-0.15, -0.1) is 0 Å². The summed E-state index contributed by atoms with van der Waals surface area (Å²) in [6.45, 7) is 2.33. The predicted octanol–water partition coefficient (Wildman–Crippen LogP) is 1.40. The van der Waals surface area contributed by atoms with Gasteiger partial charge in [0.1, 0.15) is 0 Å². The Labute approximate surface area is 134 Å². The van der Waals surface area contributed by atoms with Crippen molar-refractivity contribution in [2.45, 2.75) is 38.2 Å². The highest BCUT2D eigenvalue weighted by atomic mass is 16.4. The van der Waals surface area contributed by atoms with Gasteiger partial charge in [0.15, 0.2) is 11.4 Å². The van der Waals surface area contributed by atoms with Gasteiger partial charge in [0.05, 0.1) is 0 Å². The second-order valence-corrected chi connectivity index (χ2v) is 6.01. The molecule has 124 valence electrons. The minimum absolute atomic E-state index is 0.0139. The normalized spacial score (nSPS) is 16.9. The number of carboxylic acids is 1. The van der Waals surface area contributed by atoms with Crippen LogP contribution in [0.25, 0.3) is 0 Å². The van der Waals surface area contributed by atoms with Crippen LogP contribution in [0.1, 0.15) is 41.6 Å². The molecule has 1 aromatic rings. The number of likely N-dealkylation sites (tertiary alicyclic amines) is 1. The summed E-state index contributed by atoms with van der Waals surface area (Å²) in [4.78, 5) is 36.6. The van der Waals surface area contributed by atoms with E-state index in [2.05, 4.69) is 0 Å². The molecule has 0 aliphatic carbocycles. The maximum absolute atomic E-state index is 12.1. The molecule has 1 amide bonds. The Kier molecular flexibility index (Phi) is 5.15. The number of hydrogen-bond donors (Lipinski definition) is 2. The number of carbonyl (C=O) groups is 3. The third kappa shape index (κ3) is 4.16. The van der Waals surface area contributed by atoms with Gasteiger partial charge in [0.25, 0.3) is 0 Å². The van der Waals surface area contributed by atoms with Gasteiger partial charge >= 0.3 is 5.97 Å². The van der Waals surface area contributed by atoms with E-state index in [1.165, 1.54) is 4.90 Å². The third-order valence-electron chi connectivity index (χ3n) is 4.28. The second-order valence-electron chi connectivity index (χ2n) is 6.01. The molecule has 0 saturated carbocycles. The first-order chi connectivity index (χ1) is 10.8. The fourth-order valence-electron chi connectivity index (χ4n) is 2.60. The summed E-state index contributed by atoms with van der Waals surface area (Å²) in [5.74, 6) is -1.52. The smallest absolute Gasteiger partial charge is 0.335 e. The van der Waals surface area contributed by atoms with E-state index in [1.54, 1.807) is 12.1 Å². The van der Waals surface area contributed by atoms with Crippen molar-refractivity contribution in [2.75, 3.05) is 13.1 Å². The number of nitrogens with zero attached hydrogens (tertiary/aromatic N) is 1. The highest BCUT2D eigenvalue weighted by Gasteiger charge is 2.40. The molecule has 1 saturated heterocycles. The van der Waals surface area contributed by atoms with Crippen LogP contribution in [0, 0.1) is 6.92 Å². The molecule has 1 aliphatic rings. The van der Waals surface area contributed by atoms with Gasteiger partial charge in [-0.1, -0.05) is 29.8 Å². The minimum atomic E-state index is -1.74. The Bertz CT molecular complexity index is 600. The van der Waals surface area contributed by atoms with Crippen molar-refractivity contribution in [2.24, 2.45) is 0 Å². The highest BCUT2D eigenvalue weighted by Crippen LogP contribution is 2.23. The van der Waals surface area contributed by atoms with E-state index in [4.69, 9.17) is 5.11 Å². The summed E-state index contributed by atoms with van der Waals surface area (Å²) in [5.41, 5.74) is -0.0896. The molecule has 0 atom stereocenters. The number of ketones is 1. The lowest BCUT2D eigenvalue weighted by Crippen LogP contribution is -2.50. The molecular formula is C17H21NO5. The summed E-state index contributed by atoms with van der Waals surface area (Å²) in [6, 6.07) is 7.20. The fraction of sp³-hybridized carbons (Fsp3) is 0.471. The van der Waals surface area contributed by atoms with E-state index < -0.39 is 11.6 Å². The maximum atomic E-state index is 12.1. The van der Waals surface area contributed by atoms with Gasteiger partial charge in [0, 0.05) is 44.3 Å². The van der Waals surface area contributed by atoms with Crippen molar-refractivity contribution in [3.63, 3.8) is 0 Å². The molecule has 1 aliphatic heterocycles. The zero-order valence-corrected chi connectivity index (χ0v) is 13.1. The summed E-state index contributed by atoms with van der Waals surface area (Å²) in [6.07, 6.45) is 0.250. The van der Waals surface area contributed by atoms with Crippen LogP contribution < -0.4 is 0 Å². The Balaban J connectivity index is 1.83. The molecule has 0 spiro atoms. The summed E-state index contributed by atoms with van der Waals surface area (Å²) in [7, 11) is 0. The standard InChI is InChI=1S/C17H21NO5/c1-12-2-4-13(5-3-12)14(19)6-7-15(20)18-10-8-17(23,9-11-18)16(21)22/h2-5,23H,6-11H2,1H3,(H,21,22). The average Bonchev–Trinajstić information content (AvgIpc) is 2.53. The van der Waals surface area contributed by atoms with Gasteiger partial charge in [0.2, 0.25) is 5.91 Å². The van der Waals surface area contributed by atoms with Crippen LogP contribution in [0.5, 0.6) is 0 Å². The summed E-state index contributed by atoms with van der Waals surface area (Å²) < 4.78 is 0. The maximum Gasteiger partial charge on any atom is 0.335 e. The number of hydrogen-bond acceptors (Lipinski definition) is 4. The molecule has 23 heavy (non-hydrogen) atoms. The van der Waals surface area contributed by atoms with Crippen LogP contribution in [0.15, 0.2) is 24.3 Å². The number of amides is 1. The van der Waals surface area contributed by atoms with Crippen molar-refractivity contribution in [1.82, 2.24) is 4.90 Å². The van der Waals surface area contributed by atoms with Crippen molar-refractivity contribution in [1.29, 1.82) is 0 Å². The van der Waals surface area contributed by atoms with Gasteiger partial charge in [-0.3, -0.25) is 9.59 Å². The van der Waals surface area contributed by atoms with Crippen LogP contribution in [0.2, 0.25) is 0 Å². The van der Waals surface area contributed by atoms with E-state index in [0.29, 0.717) is 5.56 Å². The Morgan fingerprint density at radius 1 is 1.09 bits per heavy atom. The molecule has 2 rings (SSSR count). The lowest BCUT2D eigenvalue weighted by Gasteiger charge is -2.35. The zero-order valence-electron chi connectivity index (χ0n) is 13.1.